The number of benzene rings is 1. The molecule has 1 aromatic heterocycles. The van der Waals surface area contributed by atoms with Crippen LogP contribution in [0.1, 0.15) is 24.8 Å². The SMILES string of the molecule is N#Cc1cc(N2CCCCC2C(N)=O)nc2ccccc12. The van der Waals surface area contributed by atoms with Gasteiger partial charge in [-0.2, -0.15) is 5.26 Å². The molecule has 2 aromatic rings. The Morgan fingerprint density at radius 3 is 2.95 bits per heavy atom. The molecule has 1 fully saturated rings. The highest BCUT2D eigenvalue weighted by atomic mass is 16.1. The predicted molar refractivity (Wildman–Crippen MR) is 80.6 cm³/mol. The van der Waals surface area contributed by atoms with E-state index < -0.39 is 0 Å². The fourth-order valence-corrected chi connectivity index (χ4v) is 2.90. The van der Waals surface area contributed by atoms with E-state index in [1.54, 1.807) is 6.07 Å². The van der Waals surface area contributed by atoms with Crippen molar-refractivity contribution in [2.45, 2.75) is 25.3 Å². The number of nitrogens with zero attached hydrogens (tertiary/aromatic N) is 3. The van der Waals surface area contributed by atoms with Crippen LogP contribution in [0, 0.1) is 11.3 Å². The first-order valence-electron chi connectivity index (χ1n) is 7.06. The Morgan fingerprint density at radius 1 is 1.38 bits per heavy atom. The van der Waals surface area contributed by atoms with Crippen LogP contribution in [0.2, 0.25) is 0 Å². The molecule has 2 N–H and O–H groups in total. The van der Waals surface area contributed by atoms with Gasteiger partial charge in [0.05, 0.1) is 17.1 Å². The summed E-state index contributed by atoms with van der Waals surface area (Å²) in [5, 5.41) is 10.2. The molecule has 1 atom stereocenters. The van der Waals surface area contributed by atoms with Crippen molar-refractivity contribution in [1.29, 1.82) is 5.26 Å². The van der Waals surface area contributed by atoms with E-state index in [0.29, 0.717) is 11.4 Å². The number of amides is 1. The molecule has 1 saturated heterocycles. The Bertz CT molecular complexity index is 735. The monoisotopic (exact) mass is 280 g/mol. The molecule has 1 aliphatic heterocycles. The van der Waals surface area contributed by atoms with Gasteiger partial charge in [-0.05, 0) is 31.4 Å². The van der Waals surface area contributed by atoms with Gasteiger partial charge in [0.15, 0.2) is 0 Å². The summed E-state index contributed by atoms with van der Waals surface area (Å²) >= 11 is 0. The fourth-order valence-electron chi connectivity index (χ4n) is 2.90. The minimum absolute atomic E-state index is 0.330. The number of aromatic nitrogens is 1. The number of carbonyl (C=O) groups is 1. The van der Waals surface area contributed by atoms with Gasteiger partial charge in [-0.3, -0.25) is 4.79 Å². The van der Waals surface area contributed by atoms with E-state index in [-0.39, 0.29) is 11.9 Å². The lowest BCUT2D eigenvalue weighted by atomic mass is 10.0. The van der Waals surface area contributed by atoms with Crippen LogP contribution < -0.4 is 10.6 Å². The lowest BCUT2D eigenvalue weighted by Crippen LogP contribution is -2.48. The maximum atomic E-state index is 11.6. The van der Waals surface area contributed by atoms with Crippen LogP contribution in [0.25, 0.3) is 10.9 Å². The number of carbonyl (C=O) groups excluding carboxylic acids is 1. The highest BCUT2D eigenvalue weighted by Crippen LogP contribution is 2.27. The van der Waals surface area contributed by atoms with Crippen LogP contribution in [-0.2, 0) is 4.79 Å². The van der Waals surface area contributed by atoms with Crippen molar-refractivity contribution in [3.8, 4) is 6.07 Å². The van der Waals surface area contributed by atoms with Gasteiger partial charge in [0.1, 0.15) is 11.9 Å². The Morgan fingerprint density at radius 2 is 2.19 bits per heavy atom. The number of para-hydroxylation sites is 1. The van der Waals surface area contributed by atoms with Gasteiger partial charge in [-0.25, -0.2) is 4.98 Å². The molecule has 106 valence electrons. The van der Waals surface area contributed by atoms with Crippen molar-refractivity contribution in [3.05, 3.63) is 35.9 Å². The number of nitrogens with two attached hydrogens (primary N) is 1. The topological polar surface area (TPSA) is 83.0 Å². The predicted octanol–water partition coefficient (Wildman–Crippen LogP) is 1.95. The van der Waals surface area contributed by atoms with E-state index in [0.717, 1.165) is 36.7 Å². The number of pyridine rings is 1. The summed E-state index contributed by atoms with van der Waals surface area (Å²) in [6.07, 6.45) is 2.73. The van der Waals surface area contributed by atoms with Crippen molar-refractivity contribution >= 4 is 22.6 Å². The summed E-state index contributed by atoms with van der Waals surface area (Å²) in [4.78, 5) is 18.2. The number of rotatable bonds is 2. The van der Waals surface area contributed by atoms with Crippen molar-refractivity contribution in [1.82, 2.24) is 4.98 Å². The second kappa shape index (κ2) is 5.41. The maximum absolute atomic E-state index is 11.6. The van der Waals surface area contributed by atoms with Crippen LogP contribution >= 0.6 is 0 Å². The standard InChI is InChI=1S/C16H16N4O/c17-10-11-9-15(19-13-6-2-1-5-12(11)13)20-8-4-3-7-14(20)16(18)21/h1-2,5-6,9,14H,3-4,7-8H2,(H2,18,21). The van der Waals surface area contributed by atoms with Crippen LogP contribution in [0.4, 0.5) is 5.82 Å². The molecule has 1 aromatic carbocycles. The third-order valence-electron chi connectivity index (χ3n) is 3.95. The van der Waals surface area contributed by atoms with Crippen molar-refractivity contribution in [3.63, 3.8) is 0 Å². The molecule has 2 heterocycles. The van der Waals surface area contributed by atoms with Gasteiger partial charge in [0, 0.05) is 11.9 Å². The summed E-state index contributed by atoms with van der Waals surface area (Å²) in [6, 6.07) is 11.2. The second-order valence-electron chi connectivity index (χ2n) is 5.26. The number of nitriles is 1. The molecule has 5 nitrogen and oxygen atoms in total. The van der Waals surface area contributed by atoms with Crippen LogP contribution in [-0.4, -0.2) is 23.5 Å². The molecule has 0 bridgehead atoms. The Balaban J connectivity index is 2.11. The van der Waals surface area contributed by atoms with Gasteiger partial charge in [-0.1, -0.05) is 18.2 Å². The zero-order valence-corrected chi connectivity index (χ0v) is 11.6. The molecule has 3 rings (SSSR count). The maximum Gasteiger partial charge on any atom is 0.240 e. The van der Waals surface area contributed by atoms with E-state index in [1.807, 2.05) is 29.2 Å². The van der Waals surface area contributed by atoms with Gasteiger partial charge in [0.25, 0.3) is 0 Å². The largest absolute Gasteiger partial charge is 0.368 e. The zero-order chi connectivity index (χ0) is 14.8. The summed E-state index contributed by atoms with van der Waals surface area (Å²) in [6.45, 7) is 0.740. The molecule has 21 heavy (non-hydrogen) atoms. The molecule has 0 aliphatic carbocycles. The number of primary amides is 1. The van der Waals surface area contributed by atoms with E-state index >= 15 is 0 Å². The lowest BCUT2D eigenvalue weighted by molar-refractivity contribution is -0.119. The minimum atomic E-state index is -0.334. The molecule has 1 amide bonds. The van der Waals surface area contributed by atoms with E-state index in [2.05, 4.69) is 11.1 Å². The normalized spacial score (nSPS) is 18.4. The number of anilines is 1. The molecule has 1 unspecified atom stereocenters. The first-order chi connectivity index (χ1) is 10.2. The summed E-state index contributed by atoms with van der Waals surface area (Å²) in [5.74, 6) is 0.330. The van der Waals surface area contributed by atoms with Crippen molar-refractivity contribution < 1.29 is 4.79 Å². The lowest BCUT2D eigenvalue weighted by Gasteiger charge is -2.34. The van der Waals surface area contributed by atoms with Gasteiger partial charge in [-0.15, -0.1) is 0 Å². The van der Waals surface area contributed by atoms with E-state index in [1.165, 1.54) is 0 Å². The van der Waals surface area contributed by atoms with Crippen LogP contribution in [0.3, 0.4) is 0 Å². The Kier molecular flexibility index (Phi) is 3.44. The number of hydrogen-bond donors (Lipinski definition) is 1. The number of hydrogen-bond acceptors (Lipinski definition) is 4. The van der Waals surface area contributed by atoms with Crippen LogP contribution in [0.15, 0.2) is 30.3 Å². The van der Waals surface area contributed by atoms with E-state index in [4.69, 9.17) is 5.73 Å². The van der Waals surface area contributed by atoms with Gasteiger partial charge in [0.2, 0.25) is 5.91 Å². The molecule has 1 aliphatic rings. The van der Waals surface area contributed by atoms with Gasteiger partial charge >= 0.3 is 0 Å². The van der Waals surface area contributed by atoms with E-state index in [9.17, 15) is 10.1 Å². The summed E-state index contributed by atoms with van der Waals surface area (Å²) in [5.41, 5.74) is 6.84. The smallest absolute Gasteiger partial charge is 0.240 e. The first kappa shape index (κ1) is 13.4. The highest BCUT2D eigenvalue weighted by Gasteiger charge is 2.28. The zero-order valence-electron chi connectivity index (χ0n) is 11.6. The summed E-state index contributed by atoms with van der Waals surface area (Å²) < 4.78 is 0. The molecule has 0 spiro atoms. The fraction of sp³-hybridized carbons (Fsp3) is 0.312. The van der Waals surface area contributed by atoms with Crippen molar-refractivity contribution in [2.75, 3.05) is 11.4 Å². The third kappa shape index (κ3) is 2.40. The average molecular weight is 280 g/mol. The number of piperidine rings is 1. The molecule has 5 heteroatoms. The third-order valence-corrected chi connectivity index (χ3v) is 3.95. The molecular weight excluding hydrogens is 264 g/mol. The molecule has 0 radical (unpaired) electrons. The minimum Gasteiger partial charge on any atom is -0.368 e. The number of fused-ring (bicyclic) bond motifs is 1. The van der Waals surface area contributed by atoms with Gasteiger partial charge < -0.3 is 10.6 Å². The average Bonchev–Trinajstić information content (AvgIpc) is 2.53. The van der Waals surface area contributed by atoms with Crippen LogP contribution in [0.5, 0.6) is 0 Å². The Labute approximate surface area is 123 Å². The Hall–Kier alpha value is -2.61. The van der Waals surface area contributed by atoms with Crippen molar-refractivity contribution in [2.24, 2.45) is 5.73 Å². The highest BCUT2D eigenvalue weighted by molar-refractivity contribution is 5.88. The summed E-state index contributed by atoms with van der Waals surface area (Å²) in [7, 11) is 0. The quantitative estimate of drug-likeness (QED) is 0.911. The second-order valence-corrected chi connectivity index (χ2v) is 5.26. The molecular formula is C16H16N4O. The molecule has 0 saturated carbocycles. The first-order valence-corrected chi connectivity index (χ1v) is 7.06.